The molecule has 1 amide bonds. The minimum absolute atomic E-state index is 0.0115. The molecule has 1 heterocycles. The minimum atomic E-state index is -0.455. The summed E-state index contributed by atoms with van der Waals surface area (Å²) >= 11 is 1.37. The number of hydrogen-bond acceptors (Lipinski definition) is 4. The first-order valence-electron chi connectivity index (χ1n) is 6.23. The van der Waals surface area contributed by atoms with E-state index in [1.165, 1.54) is 23.5 Å². The van der Waals surface area contributed by atoms with Gasteiger partial charge in [0.25, 0.3) is 11.6 Å². The fourth-order valence-electron chi connectivity index (χ4n) is 1.88. The molecule has 5 nitrogen and oxygen atoms in total. The second-order valence-corrected chi connectivity index (χ2v) is 5.16. The average Bonchev–Trinajstić information content (AvgIpc) is 2.98. The van der Waals surface area contributed by atoms with Crippen LogP contribution in [0.5, 0.6) is 0 Å². The van der Waals surface area contributed by atoms with Gasteiger partial charge in [0, 0.05) is 18.7 Å². The van der Waals surface area contributed by atoms with Crippen molar-refractivity contribution in [2.24, 2.45) is 0 Å². The number of hydrogen-bond donors (Lipinski definition) is 0. The number of nitro groups is 1. The second kappa shape index (κ2) is 6.29. The fourth-order valence-corrected chi connectivity index (χ4v) is 2.55. The number of carbonyl (C=O) groups excluding carboxylic acids is 1. The molecular weight excluding hydrogens is 276 g/mol. The van der Waals surface area contributed by atoms with E-state index >= 15 is 0 Å². The second-order valence-electron chi connectivity index (χ2n) is 4.21. The lowest BCUT2D eigenvalue weighted by Gasteiger charge is -2.21. The summed E-state index contributed by atoms with van der Waals surface area (Å²) < 4.78 is 0. The average molecular weight is 290 g/mol. The number of nitro benzene ring substituents is 1. The first-order valence-corrected chi connectivity index (χ1v) is 7.11. The SMILES string of the molecule is CCCN(C(=O)c1cccs1)c1cccc([N+](=O)[O-])c1. The van der Waals surface area contributed by atoms with E-state index in [1.54, 1.807) is 23.1 Å². The van der Waals surface area contributed by atoms with Crippen molar-refractivity contribution in [1.29, 1.82) is 0 Å². The van der Waals surface area contributed by atoms with Crippen molar-refractivity contribution >= 4 is 28.6 Å². The van der Waals surface area contributed by atoms with Gasteiger partial charge in [0.05, 0.1) is 15.5 Å². The predicted octanol–water partition coefficient (Wildman–Crippen LogP) is 3.71. The number of carbonyl (C=O) groups is 1. The molecule has 0 fully saturated rings. The molecule has 2 rings (SSSR count). The van der Waals surface area contributed by atoms with Crippen molar-refractivity contribution in [3.8, 4) is 0 Å². The van der Waals surface area contributed by atoms with Crippen LogP contribution in [0, 0.1) is 10.1 Å². The third kappa shape index (κ3) is 3.03. The summed E-state index contributed by atoms with van der Waals surface area (Å²) in [7, 11) is 0. The van der Waals surface area contributed by atoms with Gasteiger partial charge < -0.3 is 4.90 Å². The largest absolute Gasteiger partial charge is 0.307 e. The molecule has 0 saturated heterocycles. The van der Waals surface area contributed by atoms with Gasteiger partial charge in [-0.1, -0.05) is 19.1 Å². The summed E-state index contributed by atoms with van der Waals surface area (Å²) in [6.45, 7) is 2.49. The number of benzene rings is 1. The highest BCUT2D eigenvalue weighted by Crippen LogP contribution is 2.24. The van der Waals surface area contributed by atoms with E-state index in [2.05, 4.69) is 0 Å². The van der Waals surface area contributed by atoms with E-state index in [0.29, 0.717) is 17.1 Å². The van der Waals surface area contributed by atoms with Crippen molar-refractivity contribution in [2.75, 3.05) is 11.4 Å². The molecule has 0 unspecified atom stereocenters. The molecule has 0 N–H and O–H groups in total. The Bertz CT molecular complexity index is 611. The first kappa shape index (κ1) is 14.2. The van der Waals surface area contributed by atoms with Gasteiger partial charge in [-0.15, -0.1) is 11.3 Å². The van der Waals surface area contributed by atoms with Crippen molar-refractivity contribution in [3.05, 3.63) is 56.8 Å². The number of amides is 1. The molecule has 0 atom stereocenters. The van der Waals surface area contributed by atoms with Gasteiger partial charge in [-0.25, -0.2) is 0 Å². The molecule has 1 aromatic heterocycles. The van der Waals surface area contributed by atoms with Gasteiger partial charge in [-0.05, 0) is 23.9 Å². The van der Waals surface area contributed by atoms with E-state index in [-0.39, 0.29) is 11.6 Å². The number of nitrogens with zero attached hydrogens (tertiary/aromatic N) is 2. The number of thiophene rings is 1. The van der Waals surface area contributed by atoms with Crippen LogP contribution in [-0.4, -0.2) is 17.4 Å². The van der Waals surface area contributed by atoms with Crippen LogP contribution in [0.4, 0.5) is 11.4 Å². The van der Waals surface area contributed by atoms with E-state index < -0.39 is 4.92 Å². The first-order chi connectivity index (χ1) is 9.63. The van der Waals surface area contributed by atoms with Gasteiger partial charge in [0.15, 0.2) is 0 Å². The Labute approximate surface area is 120 Å². The van der Waals surface area contributed by atoms with E-state index in [0.717, 1.165) is 6.42 Å². The van der Waals surface area contributed by atoms with Gasteiger partial charge in [-0.2, -0.15) is 0 Å². The summed E-state index contributed by atoms with van der Waals surface area (Å²) in [5, 5.41) is 12.7. The summed E-state index contributed by atoms with van der Waals surface area (Å²) in [6.07, 6.45) is 0.778. The van der Waals surface area contributed by atoms with Crippen LogP contribution in [0.3, 0.4) is 0 Å². The Morgan fingerprint density at radius 2 is 2.15 bits per heavy atom. The highest BCUT2D eigenvalue weighted by Gasteiger charge is 2.19. The maximum Gasteiger partial charge on any atom is 0.271 e. The molecule has 0 bridgehead atoms. The monoisotopic (exact) mass is 290 g/mol. The number of rotatable bonds is 5. The molecule has 6 heteroatoms. The molecule has 104 valence electrons. The Morgan fingerprint density at radius 1 is 1.35 bits per heavy atom. The van der Waals surface area contributed by atoms with Crippen molar-refractivity contribution in [2.45, 2.75) is 13.3 Å². The van der Waals surface area contributed by atoms with Gasteiger partial charge in [0.2, 0.25) is 0 Å². The number of anilines is 1. The van der Waals surface area contributed by atoms with Crippen molar-refractivity contribution in [1.82, 2.24) is 0 Å². The van der Waals surface area contributed by atoms with E-state index in [9.17, 15) is 14.9 Å². The molecule has 2 aromatic rings. The highest BCUT2D eigenvalue weighted by atomic mass is 32.1. The maximum atomic E-state index is 12.4. The topological polar surface area (TPSA) is 63.5 Å². The van der Waals surface area contributed by atoms with E-state index in [4.69, 9.17) is 0 Å². The molecule has 20 heavy (non-hydrogen) atoms. The third-order valence-electron chi connectivity index (χ3n) is 2.78. The van der Waals surface area contributed by atoms with Crippen molar-refractivity contribution in [3.63, 3.8) is 0 Å². The molecular formula is C14H14N2O3S. The zero-order valence-corrected chi connectivity index (χ0v) is 11.8. The molecule has 0 spiro atoms. The van der Waals surface area contributed by atoms with Crippen LogP contribution in [0.25, 0.3) is 0 Å². The lowest BCUT2D eigenvalue weighted by atomic mass is 10.2. The Hall–Kier alpha value is -2.21. The highest BCUT2D eigenvalue weighted by molar-refractivity contribution is 7.12. The molecule has 0 saturated carbocycles. The summed E-state index contributed by atoms with van der Waals surface area (Å²) in [4.78, 5) is 25.0. The van der Waals surface area contributed by atoms with Gasteiger partial charge in [-0.3, -0.25) is 14.9 Å². The van der Waals surface area contributed by atoms with Crippen LogP contribution in [-0.2, 0) is 0 Å². The lowest BCUT2D eigenvalue weighted by molar-refractivity contribution is -0.384. The molecule has 0 radical (unpaired) electrons. The Balaban J connectivity index is 2.35. The molecule has 0 aliphatic heterocycles. The standard InChI is InChI=1S/C14H14N2O3S/c1-2-8-15(14(17)13-7-4-9-20-13)11-5-3-6-12(10-11)16(18)19/h3-7,9-10H,2,8H2,1H3. The van der Waals surface area contributed by atoms with E-state index in [1.807, 2.05) is 18.4 Å². The van der Waals surface area contributed by atoms with Crippen LogP contribution in [0.2, 0.25) is 0 Å². The Morgan fingerprint density at radius 3 is 2.75 bits per heavy atom. The Kier molecular flexibility index (Phi) is 4.47. The van der Waals surface area contributed by atoms with Crippen LogP contribution in [0.1, 0.15) is 23.0 Å². The lowest BCUT2D eigenvalue weighted by Crippen LogP contribution is -2.31. The zero-order valence-electron chi connectivity index (χ0n) is 11.0. The fraction of sp³-hybridized carbons (Fsp3) is 0.214. The summed E-state index contributed by atoms with van der Waals surface area (Å²) in [5.74, 6) is -0.123. The predicted molar refractivity (Wildman–Crippen MR) is 79.4 cm³/mol. The summed E-state index contributed by atoms with van der Waals surface area (Å²) in [6, 6.07) is 9.74. The molecule has 0 aliphatic carbocycles. The maximum absolute atomic E-state index is 12.4. The summed E-state index contributed by atoms with van der Waals surface area (Å²) in [5.41, 5.74) is 0.544. The third-order valence-corrected chi connectivity index (χ3v) is 3.63. The smallest absolute Gasteiger partial charge is 0.271 e. The van der Waals surface area contributed by atoms with Crippen molar-refractivity contribution < 1.29 is 9.72 Å². The van der Waals surface area contributed by atoms with Gasteiger partial charge in [0.1, 0.15) is 0 Å². The van der Waals surface area contributed by atoms with Gasteiger partial charge >= 0.3 is 0 Å². The number of non-ortho nitro benzene ring substituents is 1. The minimum Gasteiger partial charge on any atom is -0.307 e. The molecule has 0 aliphatic rings. The van der Waals surface area contributed by atoms with Crippen LogP contribution in [0.15, 0.2) is 41.8 Å². The van der Waals surface area contributed by atoms with Crippen LogP contribution < -0.4 is 4.90 Å². The van der Waals surface area contributed by atoms with Crippen LogP contribution >= 0.6 is 11.3 Å². The zero-order chi connectivity index (χ0) is 14.5. The molecule has 1 aromatic carbocycles. The normalized spacial score (nSPS) is 10.2. The quantitative estimate of drug-likeness (QED) is 0.623.